The number of guanidine groups is 1. The first kappa shape index (κ1) is 19.6. The van der Waals surface area contributed by atoms with Gasteiger partial charge in [-0.15, -0.1) is 11.3 Å². The van der Waals surface area contributed by atoms with Crippen LogP contribution in [0.4, 0.5) is 0 Å². The first-order chi connectivity index (χ1) is 13.2. The molecule has 1 aliphatic carbocycles. The Labute approximate surface area is 165 Å². The molecule has 2 aromatic rings. The van der Waals surface area contributed by atoms with Crippen molar-refractivity contribution in [1.82, 2.24) is 15.2 Å². The van der Waals surface area contributed by atoms with Crippen LogP contribution in [0.1, 0.15) is 18.5 Å². The van der Waals surface area contributed by atoms with Crippen LogP contribution < -0.4 is 10.1 Å². The zero-order chi connectivity index (χ0) is 19.1. The van der Waals surface area contributed by atoms with Gasteiger partial charge in [0.15, 0.2) is 5.96 Å². The van der Waals surface area contributed by atoms with Gasteiger partial charge in [0.25, 0.3) is 0 Å². The van der Waals surface area contributed by atoms with E-state index in [1.165, 1.54) is 12.8 Å². The van der Waals surface area contributed by atoms with Gasteiger partial charge in [0.05, 0.1) is 26.0 Å². The van der Waals surface area contributed by atoms with Crippen molar-refractivity contribution < 1.29 is 9.47 Å². The average Bonchev–Trinajstić information content (AvgIpc) is 3.41. The summed E-state index contributed by atoms with van der Waals surface area (Å²) in [5, 5.41) is 6.46. The molecule has 0 saturated heterocycles. The summed E-state index contributed by atoms with van der Waals surface area (Å²) in [6.07, 6.45) is 2.65. The molecule has 0 amide bonds. The predicted octanol–water partition coefficient (Wildman–Crippen LogP) is 3.25. The van der Waals surface area contributed by atoms with Gasteiger partial charge < -0.3 is 19.7 Å². The number of benzene rings is 1. The number of likely N-dealkylation sites (N-methyl/N-ethyl adjacent to an activating group) is 1. The maximum absolute atomic E-state index is 5.71. The molecule has 1 heterocycles. The lowest BCUT2D eigenvalue weighted by molar-refractivity contribution is 0.115. The lowest BCUT2D eigenvalue weighted by atomic mass is 10.2. The van der Waals surface area contributed by atoms with Gasteiger partial charge >= 0.3 is 0 Å². The smallest absolute Gasteiger partial charge is 0.193 e. The molecule has 0 aliphatic heterocycles. The molecule has 146 valence electrons. The monoisotopic (exact) mass is 388 g/mol. The first-order valence-corrected chi connectivity index (χ1v) is 10.2. The Morgan fingerprint density at radius 1 is 1.33 bits per heavy atom. The number of aromatic nitrogens is 1. The summed E-state index contributed by atoms with van der Waals surface area (Å²) < 4.78 is 10.9. The van der Waals surface area contributed by atoms with E-state index in [2.05, 4.69) is 20.6 Å². The van der Waals surface area contributed by atoms with Gasteiger partial charge in [-0.05, 0) is 43.0 Å². The second kappa shape index (κ2) is 9.71. The number of hydrogen-bond donors (Lipinski definition) is 1. The molecule has 1 N–H and O–H groups in total. The van der Waals surface area contributed by atoms with E-state index in [1.54, 1.807) is 25.5 Å². The molecule has 27 heavy (non-hydrogen) atoms. The Kier molecular flexibility index (Phi) is 7.06. The molecule has 1 aliphatic rings. The summed E-state index contributed by atoms with van der Waals surface area (Å²) in [5.41, 5.74) is 2.10. The highest BCUT2D eigenvalue weighted by molar-refractivity contribution is 7.13. The Bertz CT molecular complexity index is 741. The van der Waals surface area contributed by atoms with E-state index in [0.717, 1.165) is 53.7 Å². The van der Waals surface area contributed by atoms with Gasteiger partial charge in [-0.1, -0.05) is 0 Å². The largest absolute Gasteiger partial charge is 0.497 e. The van der Waals surface area contributed by atoms with Crippen LogP contribution >= 0.6 is 11.3 Å². The fourth-order valence-corrected chi connectivity index (χ4v) is 3.48. The normalized spacial score (nSPS) is 14.3. The van der Waals surface area contributed by atoms with E-state index in [0.29, 0.717) is 6.54 Å². The van der Waals surface area contributed by atoms with Gasteiger partial charge in [-0.25, -0.2) is 4.98 Å². The highest BCUT2D eigenvalue weighted by Crippen LogP contribution is 2.28. The first-order valence-electron chi connectivity index (χ1n) is 9.28. The number of rotatable bonds is 9. The minimum absolute atomic E-state index is 0.645. The fraction of sp³-hybridized carbons (Fsp3) is 0.500. The molecule has 3 rings (SSSR count). The van der Waals surface area contributed by atoms with Crippen LogP contribution in [0.2, 0.25) is 0 Å². The van der Waals surface area contributed by atoms with Crippen molar-refractivity contribution in [3.63, 3.8) is 0 Å². The number of aliphatic imine (C=N–C) groups is 1. The van der Waals surface area contributed by atoms with E-state index >= 15 is 0 Å². The van der Waals surface area contributed by atoms with Crippen LogP contribution in [0.15, 0.2) is 34.6 Å². The third-order valence-corrected chi connectivity index (χ3v) is 5.45. The van der Waals surface area contributed by atoms with Gasteiger partial charge in [-0.3, -0.25) is 4.99 Å². The molecule has 6 nitrogen and oxygen atoms in total. The summed E-state index contributed by atoms with van der Waals surface area (Å²) >= 11 is 1.64. The molecule has 0 radical (unpaired) electrons. The van der Waals surface area contributed by atoms with Crippen molar-refractivity contribution in [2.45, 2.75) is 19.4 Å². The molecule has 1 aromatic heterocycles. The summed E-state index contributed by atoms with van der Waals surface area (Å²) in [7, 11) is 5.50. The van der Waals surface area contributed by atoms with Crippen LogP contribution in [0.5, 0.6) is 5.75 Å². The number of methoxy groups -OCH3 is 1. The van der Waals surface area contributed by atoms with Gasteiger partial charge in [0, 0.05) is 38.2 Å². The van der Waals surface area contributed by atoms with Crippen LogP contribution in [-0.4, -0.2) is 56.8 Å². The Balaban J connectivity index is 1.46. The predicted molar refractivity (Wildman–Crippen MR) is 110 cm³/mol. The van der Waals surface area contributed by atoms with E-state index < -0.39 is 0 Å². The van der Waals surface area contributed by atoms with Gasteiger partial charge in [-0.2, -0.15) is 0 Å². The fourth-order valence-electron chi connectivity index (χ4n) is 2.65. The second-order valence-electron chi connectivity index (χ2n) is 6.71. The maximum atomic E-state index is 5.71. The molecule has 7 heteroatoms. The minimum Gasteiger partial charge on any atom is -0.497 e. The van der Waals surface area contributed by atoms with E-state index in [4.69, 9.17) is 14.5 Å². The zero-order valence-corrected chi connectivity index (χ0v) is 17.1. The van der Waals surface area contributed by atoms with Crippen molar-refractivity contribution in [3.05, 3.63) is 35.3 Å². The van der Waals surface area contributed by atoms with Crippen molar-refractivity contribution in [3.8, 4) is 16.3 Å². The molecular weight excluding hydrogens is 360 g/mol. The summed E-state index contributed by atoms with van der Waals surface area (Å²) in [4.78, 5) is 11.2. The third-order valence-electron chi connectivity index (χ3n) is 4.51. The third kappa shape index (κ3) is 5.94. The minimum atomic E-state index is 0.645. The van der Waals surface area contributed by atoms with Crippen LogP contribution in [0.25, 0.3) is 10.6 Å². The van der Waals surface area contributed by atoms with Crippen LogP contribution in [0.3, 0.4) is 0 Å². The van der Waals surface area contributed by atoms with Crippen molar-refractivity contribution in [2.24, 2.45) is 10.9 Å². The summed E-state index contributed by atoms with van der Waals surface area (Å²) in [5.74, 6) is 2.51. The van der Waals surface area contributed by atoms with E-state index in [-0.39, 0.29) is 0 Å². The molecule has 0 atom stereocenters. The molecule has 1 saturated carbocycles. The standard InChI is InChI=1S/C20H28N4O2S/c1-21-20(24(2)10-11-26-13-15-4-5-15)22-12-17-14-27-19(23-17)16-6-8-18(25-3)9-7-16/h6-9,14-15H,4-5,10-13H2,1-3H3,(H,21,22). The van der Waals surface area contributed by atoms with Crippen LogP contribution in [0, 0.1) is 5.92 Å². The lowest BCUT2D eigenvalue weighted by Gasteiger charge is -2.21. The van der Waals surface area contributed by atoms with E-state index in [1.807, 2.05) is 31.3 Å². The summed E-state index contributed by atoms with van der Waals surface area (Å²) in [6, 6.07) is 7.97. The molecule has 1 aromatic carbocycles. The number of ether oxygens (including phenoxy) is 2. The van der Waals surface area contributed by atoms with Crippen molar-refractivity contribution in [2.75, 3.05) is 41.0 Å². The molecule has 1 fully saturated rings. The molecule has 0 spiro atoms. The van der Waals surface area contributed by atoms with Crippen LogP contribution in [-0.2, 0) is 11.3 Å². The number of nitrogens with zero attached hydrogens (tertiary/aromatic N) is 3. The molecular formula is C20H28N4O2S. The van der Waals surface area contributed by atoms with Gasteiger partial charge in [0.1, 0.15) is 10.8 Å². The Hall–Kier alpha value is -2.12. The lowest BCUT2D eigenvalue weighted by Crippen LogP contribution is -2.40. The number of hydrogen-bond acceptors (Lipinski definition) is 5. The summed E-state index contributed by atoms with van der Waals surface area (Å²) in [6.45, 7) is 3.09. The Morgan fingerprint density at radius 2 is 2.11 bits per heavy atom. The highest BCUT2D eigenvalue weighted by Gasteiger charge is 2.21. The maximum Gasteiger partial charge on any atom is 0.193 e. The Morgan fingerprint density at radius 3 is 2.78 bits per heavy atom. The second-order valence-corrected chi connectivity index (χ2v) is 7.57. The topological polar surface area (TPSA) is 59.0 Å². The quantitative estimate of drug-likeness (QED) is 0.406. The average molecular weight is 389 g/mol. The zero-order valence-electron chi connectivity index (χ0n) is 16.3. The molecule has 0 bridgehead atoms. The van der Waals surface area contributed by atoms with E-state index in [9.17, 15) is 0 Å². The van der Waals surface area contributed by atoms with Crippen molar-refractivity contribution >= 4 is 17.3 Å². The number of nitrogens with one attached hydrogen (secondary N) is 1. The SMILES string of the molecule is CN=C(NCc1csc(-c2ccc(OC)cc2)n1)N(C)CCOCC1CC1. The highest BCUT2D eigenvalue weighted by atomic mass is 32.1. The molecule has 0 unspecified atom stereocenters. The van der Waals surface area contributed by atoms with Crippen molar-refractivity contribution in [1.29, 1.82) is 0 Å². The number of thiazole rings is 1. The van der Waals surface area contributed by atoms with Gasteiger partial charge in [0.2, 0.25) is 0 Å².